The van der Waals surface area contributed by atoms with Crippen LogP contribution in [0.15, 0.2) is 90.0 Å². The van der Waals surface area contributed by atoms with Crippen LogP contribution in [0, 0.1) is 0 Å². The standard InChI is InChI=1S/C29H26F3N3O4S/c30-29(31,32)23-10-8-20(9-11-23)19-39-24-6-1-4-21(16-24)18-34-28(36)27-7-3-15-35(27)40(37,38)25-12-13-26-22(17-25)5-2-14-33-26/h1-2,4-6,8-14,16-17,27H,3,7,15,18-19H2,(H,34,36)/t27-/m0/s1. The number of hydrogen-bond acceptors (Lipinski definition) is 5. The minimum atomic E-state index is -4.40. The first kappa shape index (κ1) is 27.6. The van der Waals surface area contributed by atoms with Gasteiger partial charge in [0, 0.05) is 24.7 Å². The molecule has 40 heavy (non-hydrogen) atoms. The maximum absolute atomic E-state index is 13.4. The van der Waals surface area contributed by atoms with Gasteiger partial charge in [0.15, 0.2) is 0 Å². The number of halogens is 3. The molecule has 1 aliphatic rings. The maximum atomic E-state index is 13.4. The van der Waals surface area contributed by atoms with Crippen LogP contribution in [0.4, 0.5) is 13.2 Å². The molecule has 208 valence electrons. The summed E-state index contributed by atoms with van der Waals surface area (Å²) in [5.74, 6) is 0.0992. The van der Waals surface area contributed by atoms with E-state index in [4.69, 9.17) is 4.74 Å². The molecule has 4 aromatic rings. The zero-order chi connectivity index (χ0) is 28.3. The number of carbonyl (C=O) groups is 1. The molecule has 1 aliphatic heterocycles. The summed E-state index contributed by atoms with van der Waals surface area (Å²) >= 11 is 0. The van der Waals surface area contributed by atoms with E-state index in [1.54, 1.807) is 54.7 Å². The molecule has 0 spiro atoms. The molecular formula is C29H26F3N3O4S. The van der Waals surface area contributed by atoms with Gasteiger partial charge in [-0.25, -0.2) is 8.42 Å². The lowest BCUT2D eigenvalue weighted by molar-refractivity contribution is -0.137. The molecule has 1 atom stereocenters. The summed E-state index contributed by atoms with van der Waals surface area (Å²) in [6.07, 6.45) is -1.78. The first-order valence-electron chi connectivity index (χ1n) is 12.6. The SMILES string of the molecule is O=C(NCc1cccc(OCc2ccc(C(F)(F)F)cc2)c1)[C@@H]1CCCN1S(=O)(=O)c1ccc2ncccc2c1. The Kier molecular flexibility index (Phi) is 7.77. The normalized spacial score (nSPS) is 16.2. The van der Waals surface area contributed by atoms with E-state index in [0.29, 0.717) is 35.1 Å². The molecule has 11 heteroatoms. The summed E-state index contributed by atoms with van der Waals surface area (Å²) in [5, 5.41) is 3.53. The van der Waals surface area contributed by atoms with Crippen LogP contribution >= 0.6 is 0 Å². The van der Waals surface area contributed by atoms with E-state index < -0.39 is 27.8 Å². The highest BCUT2D eigenvalue weighted by molar-refractivity contribution is 7.89. The number of ether oxygens (including phenoxy) is 1. The summed E-state index contributed by atoms with van der Waals surface area (Å²) in [5.41, 5.74) is 1.27. The Morgan fingerprint density at radius 2 is 1.80 bits per heavy atom. The highest BCUT2D eigenvalue weighted by atomic mass is 32.2. The fourth-order valence-corrected chi connectivity index (χ4v) is 6.34. The van der Waals surface area contributed by atoms with Gasteiger partial charge in [-0.2, -0.15) is 17.5 Å². The Morgan fingerprint density at radius 1 is 1.00 bits per heavy atom. The van der Waals surface area contributed by atoms with Gasteiger partial charge in [-0.15, -0.1) is 0 Å². The van der Waals surface area contributed by atoms with E-state index in [2.05, 4.69) is 10.3 Å². The number of hydrogen-bond donors (Lipinski definition) is 1. The fraction of sp³-hybridized carbons (Fsp3) is 0.241. The molecule has 1 amide bonds. The average Bonchev–Trinajstić information content (AvgIpc) is 3.46. The second-order valence-electron chi connectivity index (χ2n) is 9.48. The Hall–Kier alpha value is -3.96. The largest absolute Gasteiger partial charge is 0.489 e. The van der Waals surface area contributed by atoms with E-state index in [1.165, 1.54) is 22.5 Å². The number of nitrogens with one attached hydrogen (secondary N) is 1. The lowest BCUT2D eigenvalue weighted by Crippen LogP contribution is -2.45. The molecule has 2 heterocycles. The molecule has 0 bridgehead atoms. The van der Waals surface area contributed by atoms with Gasteiger partial charge < -0.3 is 10.1 Å². The topological polar surface area (TPSA) is 88.6 Å². The number of rotatable bonds is 8. The summed E-state index contributed by atoms with van der Waals surface area (Å²) in [6.45, 7) is 0.481. The minimum Gasteiger partial charge on any atom is -0.489 e. The number of sulfonamides is 1. The quantitative estimate of drug-likeness (QED) is 0.311. The second-order valence-corrected chi connectivity index (χ2v) is 11.4. The highest BCUT2D eigenvalue weighted by Crippen LogP contribution is 2.30. The minimum absolute atomic E-state index is 0.0771. The first-order valence-corrected chi connectivity index (χ1v) is 14.1. The zero-order valence-corrected chi connectivity index (χ0v) is 22.1. The number of fused-ring (bicyclic) bond motifs is 1. The van der Waals surface area contributed by atoms with Gasteiger partial charge in [0.1, 0.15) is 18.4 Å². The van der Waals surface area contributed by atoms with Gasteiger partial charge >= 0.3 is 6.18 Å². The van der Waals surface area contributed by atoms with Crippen molar-refractivity contribution in [3.63, 3.8) is 0 Å². The van der Waals surface area contributed by atoms with Gasteiger partial charge in [-0.3, -0.25) is 9.78 Å². The Labute approximate surface area is 229 Å². The van der Waals surface area contributed by atoms with Gasteiger partial charge in [0.2, 0.25) is 15.9 Å². The number of benzene rings is 3. The van der Waals surface area contributed by atoms with Crippen molar-refractivity contribution in [2.45, 2.75) is 43.1 Å². The lowest BCUT2D eigenvalue weighted by Gasteiger charge is -2.23. The van der Waals surface area contributed by atoms with Crippen molar-refractivity contribution in [2.24, 2.45) is 0 Å². The molecule has 0 aliphatic carbocycles. The highest BCUT2D eigenvalue weighted by Gasteiger charge is 2.39. The lowest BCUT2D eigenvalue weighted by atomic mass is 10.1. The maximum Gasteiger partial charge on any atom is 0.416 e. The van der Waals surface area contributed by atoms with Crippen LogP contribution in [0.3, 0.4) is 0 Å². The van der Waals surface area contributed by atoms with Gasteiger partial charge in [0.25, 0.3) is 0 Å². The molecule has 3 aromatic carbocycles. The van der Waals surface area contributed by atoms with E-state index in [9.17, 15) is 26.4 Å². The van der Waals surface area contributed by atoms with Gasteiger partial charge in [0.05, 0.1) is 16.0 Å². The van der Waals surface area contributed by atoms with Crippen molar-refractivity contribution in [3.05, 3.63) is 102 Å². The Bertz CT molecular complexity index is 1630. The number of amides is 1. The monoisotopic (exact) mass is 569 g/mol. The van der Waals surface area contributed by atoms with Crippen molar-refractivity contribution >= 4 is 26.8 Å². The smallest absolute Gasteiger partial charge is 0.416 e. The van der Waals surface area contributed by atoms with Crippen molar-refractivity contribution in [1.82, 2.24) is 14.6 Å². The Morgan fingerprint density at radius 3 is 2.58 bits per heavy atom. The van der Waals surface area contributed by atoms with Gasteiger partial charge in [-0.05, 0) is 72.5 Å². The van der Waals surface area contributed by atoms with Crippen LogP contribution < -0.4 is 10.1 Å². The predicted octanol–water partition coefficient (Wildman–Crippen LogP) is 5.30. The molecule has 0 unspecified atom stereocenters. The summed E-state index contributed by atoms with van der Waals surface area (Å²) < 4.78 is 72.1. The van der Waals surface area contributed by atoms with E-state index in [0.717, 1.165) is 17.7 Å². The van der Waals surface area contributed by atoms with Crippen molar-refractivity contribution in [1.29, 1.82) is 0 Å². The van der Waals surface area contributed by atoms with Crippen LogP contribution in [0.5, 0.6) is 5.75 Å². The average molecular weight is 570 g/mol. The van der Waals surface area contributed by atoms with E-state index >= 15 is 0 Å². The zero-order valence-electron chi connectivity index (χ0n) is 21.3. The van der Waals surface area contributed by atoms with Crippen LogP contribution in [0.25, 0.3) is 10.9 Å². The molecule has 5 rings (SSSR count). The molecule has 1 N–H and O–H groups in total. The molecule has 1 fully saturated rings. The number of aromatic nitrogens is 1. The molecule has 1 saturated heterocycles. The van der Waals surface area contributed by atoms with Crippen molar-refractivity contribution < 1.29 is 31.1 Å². The third-order valence-electron chi connectivity index (χ3n) is 6.74. The van der Waals surface area contributed by atoms with Crippen LogP contribution in [0.1, 0.15) is 29.5 Å². The molecule has 0 saturated carbocycles. The number of nitrogens with zero attached hydrogens (tertiary/aromatic N) is 2. The molecule has 0 radical (unpaired) electrons. The molecule has 7 nitrogen and oxygen atoms in total. The summed E-state index contributed by atoms with van der Waals surface area (Å²) in [4.78, 5) is 17.4. The van der Waals surface area contributed by atoms with Crippen molar-refractivity contribution in [2.75, 3.05) is 6.54 Å². The predicted molar refractivity (Wildman–Crippen MR) is 143 cm³/mol. The Balaban J connectivity index is 1.20. The summed E-state index contributed by atoms with van der Waals surface area (Å²) in [6, 6.07) is 19.1. The van der Waals surface area contributed by atoms with Crippen LogP contribution in [-0.2, 0) is 34.1 Å². The second kappa shape index (κ2) is 11.3. The molecular weight excluding hydrogens is 543 g/mol. The van der Waals surface area contributed by atoms with E-state index in [-0.39, 0.29) is 30.5 Å². The number of pyridine rings is 1. The van der Waals surface area contributed by atoms with Crippen LogP contribution in [-0.4, -0.2) is 36.2 Å². The third kappa shape index (κ3) is 6.10. The third-order valence-corrected chi connectivity index (χ3v) is 8.64. The number of carbonyl (C=O) groups excluding carboxylic acids is 1. The fourth-order valence-electron chi connectivity index (χ4n) is 4.65. The first-order chi connectivity index (χ1) is 19.1. The molecule has 1 aromatic heterocycles. The van der Waals surface area contributed by atoms with Gasteiger partial charge in [-0.1, -0.05) is 30.3 Å². The summed E-state index contributed by atoms with van der Waals surface area (Å²) in [7, 11) is -3.90. The van der Waals surface area contributed by atoms with E-state index in [1.807, 2.05) is 0 Å². The van der Waals surface area contributed by atoms with Crippen LogP contribution in [0.2, 0.25) is 0 Å². The number of alkyl halides is 3. The van der Waals surface area contributed by atoms with Crippen molar-refractivity contribution in [3.8, 4) is 5.75 Å².